The maximum atomic E-state index is 12.8. The van der Waals surface area contributed by atoms with Crippen LogP contribution in [-0.4, -0.2) is 70.4 Å². The molecule has 1 aliphatic carbocycles. The van der Waals surface area contributed by atoms with Crippen LogP contribution in [0.3, 0.4) is 0 Å². The van der Waals surface area contributed by atoms with Crippen molar-refractivity contribution in [3.63, 3.8) is 0 Å². The molecule has 1 aromatic heterocycles. The first kappa shape index (κ1) is 33.4. The maximum absolute atomic E-state index is 12.8. The van der Waals surface area contributed by atoms with Crippen LogP contribution in [0.25, 0.3) is 10.9 Å². The van der Waals surface area contributed by atoms with Gasteiger partial charge in [0.25, 0.3) is 0 Å². The molecule has 5 aliphatic rings. The smallest absolute Gasteiger partial charge is 0.326 e. The average Bonchev–Trinajstić information content (AvgIpc) is 3.31. The van der Waals surface area contributed by atoms with Crippen molar-refractivity contribution >= 4 is 34.7 Å². The van der Waals surface area contributed by atoms with Gasteiger partial charge in [-0.3, -0.25) is 14.4 Å². The number of esters is 1. The predicted molar refractivity (Wildman–Crippen MR) is 166 cm³/mol. The van der Waals surface area contributed by atoms with Gasteiger partial charge in [-0.15, -0.1) is 0 Å². The van der Waals surface area contributed by atoms with E-state index in [1.165, 1.54) is 0 Å². The van der Waals surface area contributed by atoms with E-state index in [0.29, 0.717) is 18.8 Å². The molecule has 1 aromatic carbocycles. The quantitative estimate of drug-likeness (QED) is 0.150. The summed E-state index contributed by atoms with van der Waals surface area (Å²) in [5, 5.41) is 15.9. The Kier molecular flexibility index (Phi) is 9.62. The van der Waals surface area contributed by atoms with Gasteiger partial charge in [-0.1, -0.05) is 32.0 Å². The molecule has 2 aromatic rings. The molecule has 13 nitrogen and oxygen atoms in total. The lowest BCUT2D eigenvalue weighted by Crippen LogP contribution is -2.70. The Morgan fingerprint density at radius 3 is 2.66 bits per heavy atom. The number of aromatic nitrogens is 1. The number of benzene rings is 1. The van der Waals surface area contributed by atoms with E-state index >= 15 is 0 Å². The largest absolute Gasteiger partial charge is 0.480 e. The van der Waals surface area contributed by atoms with Gasteiger partial charge in [-0.2, -0.15) is 0 Å². The minimum Gasteiger partial charge on any atom is -0.480 e. The number of nitrogens with one attached hydrogen (secondary N) is 3. The van der Waals surface area contributed by atoms with Crippen molar-refractivity contribution in [3.8, 4) is 0 Å². The molecule has 1 spiro atoms. The van der Waals surface area contributed by atoms with Gasteiger partial charge in [0, 0.05) is 61.2 Å². The summed E-state index contributed by atoms with van der Waals surface area (Å²) in [5.41, 5.74) is 0.940. The molecule has 2 bridgehead atoms. The first-order valence-electron chi connectivity index (χ1n) is 16.7. The van der Waals surface area contributed by atoms with E-state index in [-0.39, 0.29) is 55.9 Å². The summed E-state index contributed by atoms with van der Waals surface area (Å²) in [6, 6.07) is 6.47. The first-order chi connectivity index (χ1) is 22.5. The third-order valence-electron chi connectivity index (χ3n) is 10.5. The molecule has 1 saturated carbocycles. The van der Waals surface area contributed by atoms with E-state index in [9.17, 15) is 24.3 Å². The van der Waals surface area contributed by atoms with Crippen LogP contribution in [0, 0.1) is 23.7 Å². The van der Waals surface area contributed by atoms with Gasteiger partial charge in [-0.05, 0) is 56.1 Å². The zero-order valence-electron chi connectivity index (χ0n) is 27.1. The molecular weight excluding hydrogens is 610 g/mol. The van der Waals surface area contributed by atoms with Gasteiger partial charge >= 0.3 is 11.9 Å². The van der Waals surface area contributed by atoms with Gasteiger partial charge in [0.1, 0.15) is 6.04 Å². The molecule has 9 atom stereocenters. The fraction of sp³-hybridized carbons (Fsp3) is 0.647. The van der Waals surface area contributed by atoms with Gasteiger partial charge in [-0.25, -0.2) is 14.6 Å². The summed E-state index contributed by atoms with van der Waals surface area (Å²) in [6.45, 7) is 6.26. The fourth-order valence-corrected chi connectivity index (χ4v) is 7.96. The molecule has 7 rings (SSSR count). The van der Waals surface area contributed by atoms with Crippen molar-refractivity contribution in [2.75, 3.05) is 6.54 Å². The molecule has 4 N–H and O–H groups in total. The van der Waals surface area contributed by atoms with Crippen LogP contribution in [0.5, 0.6) is 0 Å². The number of carbonyl (C=O) groups excluding carboxylic acids is 3. The molecule has 5 heterocycles. The number of fused-ring (bicyclic) bond motifs is 3. The van der Waals surface area contributed by atoms with E-state index in [0.717, 1.165) is 35.7 Å². The van der Waals surface area contributed by atoms with Crippen molar-refractivity contribution in [1.82, 2.24) is 15.6 Å². The molecule has 0 radical (unpaired) electrons. The number of amides is 2. The minimum absolute atomic E-state index is 0.0164. The van der Waals surface area contributed by atoms with Crippen LogP contribution < -0.4 is 10.6 Å². The average molecular weight is 656 g/mol. The summed E-state index contributed by atoms with van der Waals surface area (Å²) in [7, 11) is 0. The zero-order chi connectivity index (χ0) is 33.3. The monoisotopic (exact) mass is 655 g/mol. The van der Waals surface area contributed by atoms with E-state index in [4.69, 9.17) is 24.0 Å². The summed E-state index contributed by atoms with van der Waals surface area (Å²) in [4.78, 5) is 64.6. The van der Waals surface area contributed by atoms with Crippen molar-refractivity contribution < 1.29 is 48.3 Å². The van der Waals surface area contributed by atoms with E-state index < -0.39 is 47.9 Å². The highest BCUT2D eigenvalue weighted by molar-refractivity contribution is 5.87. The lowest BCUT2D eigenvalue weighted by Gasteiger charge is -2.59. The number of carboxylic acids is 1. The summed E-state index contributed by atoms with van der Waals surface area (Å²) < 4.78 is 18.3. The minimum atomic E-state index is -1.13. The highest BCUT2D eigenvalue weighted by Crippen LogP contribution is 2.60. The molecule has 6 unspecified atom stereocenters. The molecule has 47 heavy (non-hydrogen) atoms. The Bertz CT molecular complexity index is 1500. The number of H-pyrrole nitrogens is 1. The van der Waals surface area contributed by atoms with Gasteiger partial charge in [0.15, 0.2) is 11.9 Å². The topological polar surface area (TPSA) is 175 Å². The second kappa shape index (κ2) is 13.5. The second-order valence-corrected chi connectivity index (χ2v) is 13.7. The third-order valence-corrected chi connectivity index (χ3v) is 10.5. The zero-order valence-corrected chi connectivity index (χ0v) is 27.1. The Balaban J connectivity index is 0.922. The van der Waals surface area contributed by atoms with Gasteiger partial charge < -0.3 is 34.9 Å². The van der Waals surface area contributed by atoms with Crippen LogP contribution in [0.4, 0.5) is 0 Å². The van der Waals surface area contributed by atoms with Gasteiger partial charge in [0.05, 0.1) is 6.42 Å². The molecule has 2 amide bonds. The van der Waals surface area contributed by atoms with E-state index in [1.807, 2.05) is 38.1 Å². The molecule has 5 fully saturated rings. The number of para-hydroxylation sites is 1. The number of aromatic amines is 1. The Hall–Kier alpha value is -3.52. The Morgan fingerprint density at radius 1 is 1.04 bits per heavy atom. The highest BCUT2D eigenvalue weighted by atomic mass is 17.3. The lowest BCUT2D eigenvalue weighted by molar-refractivity contribution is -0.576. The number of carbonyl (C=O) groups is 4. The van der Waals surface area contributed by atoms with Crippen molar-refractivity contribution in [1.29, 1.82) is 0 Å². The molecule has 4 aliphatic heterocycles. The van der Waals surface area contributed by atoms with Crippen LogP contribution in [0.15, 0.2) is 30.5 Å². The molecule has 13 heteroatoms. The molecule has 256 valence electrons. The number of rotatable bonds is 12. The van der Waals surface area contributed by atoms with Gasteiger partial charge in [0.2, 0.25) is 23.9 Å². The number of hydrogen-bond donors (Lipinski definition) is 4. The van der Waals surface area contributed by atoms with Crippen molar-refractivity contribution in [2.45, 2.75) is 109 Å². The fourth-order valence-electron chi connectivity index (χ4n) is 7.96. The van der Waals surface area contributed by atoms with Crippen LogP contribution in [-0.2, 0) is 49.6 Å². The summed E-state index contributed by atoms with van der Waals surface area (Å²) in [5.74, 6) is -2.91. The Labute approximate surface area is 273 Å². The van der Waals surface area contributed by atoms with Crippen LogP contribution >= 0.6 is 0 Å². The standard InChI is InChI=1S/C34H45N3O10/c1-19-10-11-24-20(2)31(44-32-34(24)23(19)14-15-33(3,45-32)46-47-34)43-29(40)13-12-27(38)35-16-6-9-28(39)37-26(30(41)42)17-21-18-36-25-8-5-4-7-22(21)25/h4-5,7-8,18-20,23-24,26,31-32,36H,6,9-17H2,1-3H3,(H,35,38)(H,37,39)(H,41,42)/t19-,20?,23+,24?,26?,31?,32+,33?,34?/m1/s1. The number of hydrogen-bond acceptors (Lipinski definition) is 9. The third kappa shape index (κ3) is 6.76. The second-order valence-electron chi connectivity index (χ2n) is 13.7. The normalized spacial score (nSPS) is 33.3. The van der Waals surface area contributed by atoms with Crippen LogP contribution in [0.1, 0.15) is 77.7 Å². The number of carboxylic acid groups (broad SMARTS) is 1. The number of aliphatic carboxylic acids is 1. The van der Waals surface area contributed by atoms with Crippen LogP contribution in [0.2, 0.25) is 0 Å². The summed E-state index contributed by atoms with van der Waals surface area (Å²) in [6.07, 6.45) is 3.94. The lowest BCUT2D eigenvalue weighted by atomic mass is 9.58. The number of ether oxygens (including phenoxy) is 3. The first-order valence-corrected chi connectivity index (χ1v) is 16.7. The van der Waals surface area contributed by atoms with E-state index in [1.54, 1.807) is 6.20 Å². The summed E-state index contributed by atoms with van der Waals surface area (Å²) >= 11 is 0. The Morgan fingerprint density at radius 2 is 1.85 bits per heavy atom. The SMILES string of the molecule is CC1C(OC(=O)CCC(=O)NCCCC(=O)NC(Cc2c[nH]c3ccccc23)C(=O)O)O[C@H]2OC3(C)CC[C@H]4[C@H](C)CCC1C24OO3. The predicted octanol–water partition coefficient (Wildman–Crippen LogP) is 3.71. The maximum Gasteiger partial charge on any atom is 0.326 e. The molecule has 4 saturated heterocycles. The van der Waals surface area contributed by atoms with Crippen molar-refractivity contribution in [3.05, 3.63) is 36.0 Å². The highest BCUT2D eigenvalue weighted by Gasteiger charge is 2.69. The van der Waals surface area contributed by atoms with E-state index in [2.05, 4.69) is 22.5 Å². The van der Waals surface area contributed by atoms with Crippen molar-refractivity contribution in [2.24, 2.45) is 23.7 Å². The molecular formula is C34H45N3O10.